The van der Waals surface area contributed by atoms with Gasteiger partial charge in [0.15, 0.2) is 18.7 Å². The molecule has 9 nitrogen and oxygen atoms in total. The summed E-state index contributed by atoms with van der Waals surface area (Å²) < 4.78 is 29.1. The van der Waals surface area contributed by atoms with Crippen molar-refractivity contribution in [1.29, 1.82) is 0 Å². The van der Waals surface area contributed by atoms with Crippen LogP contribution in [0.15, 0.2) is 41.5 Å². The topological polar surface area (TPSA) is 101 Å². The van der Waals surface area contributed by atoms with Crippen molar-refractivity contribution in [3.05, 3.63) is 47.0 Å². The van der Waals surface area contributed by atoms with E-state index in [2.05, 4.69) is 0 Å². The van der Waals surface area contributed by atoms with Crippen molar-refractivity contribution in [2.24, 2.45) is 0 Å². The maximum Gasteiger partial charge on any atom is 0.303 e. The van der Waals surface area contributed by atoms with E-state index >= 15 is 0 Å². The fraction of sp³-hybridized carbons (Fsp3) is 0.500. The number of rotatable bonds is 4. The van der Waals surface area contributed by atoms with Crippen LogP contribution in [0.3, 0.4) is 0 Å². The Bertz CT molecular complexity index is 889. The third-order valence-corrected chi connectivity index (χ3v) is 5.85. The number of ether oxygens (including phenoxy) is 5. The SMILES string of the molecule is CO[C@@H]1O[C@@H]2CO[C@@H](c3ccccc3)O[C@H]2[C@H](OC(C)=O)[C@H]1N1C(=O)C(C)=C(C)C1=O. The van der Waals surface area contributed by atoms with Gasteiger partial charge in [0.1, 0.15) is 18.2 Å². The van der Waals surface area contributed by atoms with Gasteiger partial charge in [-0.1, -0.05) is 30.3 Å². The zero-order chi connectivity index (χ0) is 22.3. The number of esters is 1. The highest BCUT2D eigenvalue weighted by Crippen LogP contribution is 2.39. The fourth-order valence-electron chi connectivity index (χ4n) is 4.18. The minimum Gasteiger partial charge on any atom is -0.457 e. The van der Waals surface area contributed by atoms with E-state index in [1.807, 2.05) is 30.3 Å². The van der Waals surface area contributed by atoms with Crippen molar-refractivity contribution in [2.45, 2.75) is 57.7 Å². The number of hydrogen-bond donors (Lipinski definition) is 0. The van der Waals surface area contributed by atoms with Crippen molar-refractivity contribution in [3.8, 4) is 0 Å². The lowest BCUT2D eigenvalue weighted by Crippen LogP contribution is -2.68. The maximum absolute atomic E-state index is 12.9. The van der Waals surface area contributed by atoms with Crippen molar-refractivity contribution < 1.29 is 38.1 Å². The average Bonchev–Trinajstić information content (AvgIpc) is 2.96. The first kappa shape index (κ1) is 21.6. The van der Waals surface area contributed by atoms with Crippen molar-refractivity contribution in [3.63, 3.8) is 0 Å². The second-order valence-corrected chi connectivity index (χ2v) is 7.75. The van der Waals surface area contributed by atoms with Crippen molar-refractivity contribution in [1.82, 2.24) is 4.90 Å². The number of methoxy groups -OCH3 is 1. The monoisotopic (exact) mass is 431 g/mol. The predicted octanol–water partition coefficient (Wildman–Crippen LogP) is 1.48. The molecule has 3 aliphatic heterocycles. The lowest BCUT2D eigenvalue weighted by atomic mass is 9.94. The Morgan fingerprint density at radius 3 is 2.29 bits per heavy atom. The first-order valence-electron chi connectivity index (χ1n) is 10.1. The van der Waals surface area contributed by atoms with E-state index in [-0.39, 0.29) is 6.61 Å². The molecule has 0 radical (unpaired) electrons. The number of fused-ring (bicyclic) bond motifs is 1. The van der Waals surface area contributed by atoms with Crippen LogP contribution >= 0.6 is 0 Å². The molecule has 2 fully saturated rings. The first-order valence-corrected chi connectivity index (χ1v) is 10.1. The molecule has 0 N–H and O–H groups in total. The van der Waals surface area contributed by atoms with Crippen LogP contribution in [-0.4, -0.2) is 67.0 Å². The van der Waals surface area contributed by atoms with Crippen LogP contribution in [0, 0.1) is 0 Å². The summed E-state index contributed by atoms with van der Waals surface area (Å²) in [5.74, 6) is -1.52. The van der Waals surface area contributed by atoms with Gasteiger partial charge in [0.2, 0.25) is 0 Å². The van der Waals surface area contributed by atoms with E-state index in [9.17, 15) is 14.4 Å². The van der Waals surface area contributed by atoms with Gasteiger partial charge >= 0.3 is 5.97 Å². The molecule has 0 saturated carbocycles. The van der Waals surface area contributed by atoms with Gasteiger partial charge in [-0.2, -0.15) is 0 Å². The molecule has 0 spiro atoms. The number of nitrogens with zero attached hydrogens (tertiary/aromatic N) is 1. The molecule has 2 amide bonds. The van der Waals surface area contributed by atoms with E-state index in [0.717, 1.165) is 10.5 Å². The molecule has 1 aromatic carbocycles. The van der Waals surface area contributed by atoms with Crippen LogP contribution in [0.4, 0.5) is 0 Å². The van der Waals surface area contributed by atoms with Crippen LogP contribution in [0.5, 0.6) is 0 Å². The Labute approximate surface area is 179 Å². The van der Waals surface area contributed by atoms with Gasteiger partial charge < -0.3 is 23.7 Å². The molecule has 3 heterocycles. The Balaban J connectivity index is 1.69. The molecule has 0 aliphatic carbocycles. The molecule has 4 rings (SSSR count). The normalized spacial score (nSPS) is 33.5. The highest BCUT2D eigenvalue weighted by Gasteiger charge is 2.57. The van der Waals surface area contributed by atoms with E-state index in [1.165, 1.54) is 14.0 Å². The number of benzene rings is 1. The van der Waals surface area contributed by atoms with Crippen LogP contribution < -0.4 is 0 Å². The predicted molar refractivity (Wildman–Crippen MR) is 105 cm³/mol. The van der Waals surface area contributed by atoms with E-state index in [4.69, 9.17) is 23.7 Å². The quantitative estimate of drug-likeness (QED) is 0.522. The number of imide groups is 1. The van der Waals surface area contributed by atoms with Gasteiger partial charge in [-0.25, -0.2) is 0 Å². The molecular weight excluding hydrogens is 406 g/mol. The molecule has 2 saturated heterocycles. The molecule has 166 valence electrons. The van der Waals surface area contributed by atoms with Crippen LogP contribution in [0.1, 0.15) is 32.6 Å². The second-order valence-electron chi connectivity index (χ2n) is 7.75. The van der Waals surface area contributed by atoms with Crippen LogP contribution in [0.25, 0.3) is 0 Å². The summed E-state index contributed by atoms with van der Waals surface area (Å²) in [6.07, 6.45) is -4.12. The molecule has 31 heavy (non-hydrogen) atoms. The van der Waals surface area contributed by atoms with Gasteiger partial charge in [-0.15, -0.1) is 0 Å². The van der Waals surface area contributed by atoms with E-state index in [1.54, 1.807) is 13.8 Å². The van der Waals surface area contributed by atoms with Crippen molar-refractivity contribution in [2.75, 3.05) is 13.7 Å². The Kier molecular flexibility index (Phi) is 5.94. The van der Waals surface area contributed by atoms with Gasteiger partial charge in [0.25, 0.3) is 11.8 Å². The van der Waals surface area contributed by atoms with Gasteiger partial charge in [-0.05, 0) is 13.8 Å². The highest BCUT2D eigenvalue weighted by atomic mass is 16.7. The molecule has 1 aromatic rings. The number of carbonyl (C=O) groups is 3. The lowest BCUT2D eigenvalue weighted by molar-refractivity contribution is -0.347. The summed E-state index contributed by atoms with van der Waals surface area (Å²) in [7, 11) is 1.40. The van der Waals surface area contributed by atoms with Gasteiger partial charge in [0.05, 0.1) is 6.61 Å². The summed E-state index contributed by atoms with van der Waals surface area (Å²) in [4.78, 5) is 38.8. The molecular formula is C22H25NO8. The van der Waals surface area contributed by atoms with Gasteiger partial charge in [0, 0.05) is 30.7 Å². The summed E-state index contributed by atoms with van der Waals surface area (Å²) >= 11 is 0. The molecule has 0 unspecified atom stereocenters. The third-order valence-electron chi connectivity index (χ3n) is 5.85. The summed E-state index contributed by atoms with van der Waals surface area (Å²) in [5, 5.41) is 0. The maximum atomic E-state index is 12.9. The molecule has 6 atom stereocenters. The minimum absolute atomic E-state index is 0.159. The zero-order valence-corrected chi connectivity index (χ0v) is 17.8. The number of hydrogen-bond acceptors (Lipinski definition) is 8. The summed E-state index contributed by atoms with van der Waals surface area (Å²) in [6, 6.07) is 8.29. The lowest BCUT2D eigenvalue weighted by Gasteiger charge is -2.50. The zero-order valence-electron chi connectivity index (χ0n) is 17.8. The van der Waals surface area contributed by atoms with Crippen molar-refractivity contribution >= 4 is 17.8 Å². The smallest absolute Gasteiger partial charge is 0.303 e. The number of carbonyl (C=O) groups excluding carboxylic acids is 3. The largest absolute Gasteiger partial charge is 0.457 e. The standard InChI is InChI=1S/C22H25NO8/c1-11-12(2)20(26)23(19(11)25)16-18(29-13(3)24)17-15(30-22(16)27-4)10-28-21(31-17)14-8-6-5-7-9-14/h5-9,15-18,21-22H,10H2,1-4H3/t15-,16-,17-,18-,21-,22-/m1/s1. The second kappa shape index (κ2) is 8.51. The average molecular weight is 431 g/mol. The summed E-state index contributed by atoms with van der Waals surface area (Å²) in [6.45, 7) is 4.59. The first-order chi connectivity index (χ1) is 14.8. The molecule has 0 bridgehead atoms. The number of amides is 2. The highest BCUT2D eigenvalue weighted by molar-refractivity contribution is 6.19. The summed E-state index contributed by atoms with van der Waals surface area (Å²) in [5.41, 5.74) is 1.45. The molecule has 9 heteroatoms. The Hall–Kier alpha value is -2.59. The van der Waals surface area contributed by atoms with E-state index < -0.39 is 54.7 Å². The van der Waals surface area contributed by atoms with E-state index in [0.29, 0.717) is 11.1 Å². The minimum atomic E-state index is -1.02. The third kappa shape index (κ3) is 3.78. The van der Waals surface area contributed by atoms with Crippen LogP contribution in [0.2, 0.25) is 0 Å². The Morgan fingerprint density at radius 1 is 1.06 bits per heavy atom. The Morgan fingerprint density at radius 2 is 1.71 bits per heavy atom. The van der Waals surface area contributed by atoms with Crippen LogP contribution in [-0.2, 0) is 38.1 Å². The molecule has 0 aromatic heterocycles. The fourth-order valence-corrected chi connectivity index (χ4v) is 4.18. The van der Waals surface area contributed by atoms with Gasteiger partial charge in [-0.3, -0.25) is 19.3 Å². The molecule has 3 aliphatic rings.